The van der Waals surface area contributed by atoms with E-state index in [0.29, 0.717) is 12.0 Å². The summed E-state index contributed by atoms with van der Waals surface area (Å²) >= 11 is 0. The lowest BCUT2D eigenvalue weighted by atomic mass is 10.0. The van der Waals surface area contributed by atoms with Gasteiger partial charge < -0.3 is 14.6 Å². The number of allylic oxidation sites excluding steroid dienone is 1. The number of hydrogen-bond donors (Lipinski definition) is 1. The molecular formula is C18H22O4. The van der Waals surface area contributed by atoms with Crippen molar-refractivity contribution < 1.29 is 19.4 Å². The van der Waals surface area contributed by atoms with Gasteiger partial charge in [-0.15, -0.1) is 0 Å². The lowest BCUT2D eigenvalue weighted by molar-refractivity contribution is -0.138. The highest BCUT2D eigenvalue weighted by Gasteiger charge is 2.26. The first-order chi connectivity index (χ1) is 10.4. The summed E-state index contributed by atoms with van der Waals surface area (Å²) < 4.78 is 11.0. The highest BCUT2D eigenvalue weighted by atomic mass is 16.5. The Morgan fingerprint density at radius 3 is 2.95 bits per heavy atom. The molecule has 1 aliphatic rings. The lowest BCUT2D eigenvalue weighted by Crippen LogP contribution is -2.20. The van der Waals surface area contributed by atoms with Crippen LogP contribution in [0.3, 0.4) is 0 Å². The molecule has 0 bridgehead atoms. The van der Waals surface area contributed by atoms with Crippen LogP contribution in [0.15, 0.2) is 42.0 Å². The summed E-state index contributed by atoms with van der Waals surface area (Å²) in [5, 5.41) is 9.63. The molecule has 2 atom stereocenters. The summed E-state index contributed by atoms with van der Waals surface area (Å²) in [5.41, 5.74) is 3.21. The van der Waals surface area contributed by atoms with Gasteiger partial charge in [-0.05, 0) is 44.0 Å². The topological polar surface area (TPSA) is 55.8 Å². The molecule has 0 amide bonds. The van der Waals surface area contributed by atoms with E-state index < -0.39 is 6.10 Å². The first-order valence-corrected chi connectivity index (χ1v) is 7.37. The van der Waals surface area contributed by atoms with Crippen molar-refractivity contribution in [1.29, 1.82) is 0 Å². The predicted octanol–water partition coefficient (Wildman–Crippen LogP) is 3.11. The Labute approximate surface area is 131 Å². The highest BCUT2D eigenvalue weighted by molar-refractivity contribution is 5.87. The summed E-state index contributed by atoms with van der Waals surface area (Å²) in [6, 6.07) is 5.66. The standard InChI is InChI=1S/C18H22O4/c1-5-11(2)18(20)21-10-12(3)17-9-15-8-14(13(4)19)6-7-16(15)22-17/h5-8,13,17,19H,3,9-10H2,1-2,4H3. The summed E-state index contributed by atoms with van der Waals surface area (Å²) in [5.74, 6) is 0.460. The molecule has 118 valence electrons. The van der Waals surface area contributed by atoms with Crippen LogP contribution in [-0.2, 0) is 16.0 Å². The molecule has 22 heavy (non-hydrogen) atoms. The van der Waals surface area contributed by atoms with Crippen molar-refractivity contribution in [1.82, 2.24) is 0 Å². The van der Waals surface area contributed by atoms with E-state index in [1.54, 1.807) is 26.8 Å². The van der Waals surface area contributed by atoms with Gasteiger partial charge in [-0.2, -0.15) is 0 Å². The third-order valence-electron chi connectivity index (χ3n) is 3.84. The minimum atomic E-state index is -0.502. The fourth-order valence-corrected chi connectivity index (χ4v) is 2.24. The molecule has 0 radical (unpaired) electrons. The van der Waals surface area contributed by atoms with E-state index in [4.69, 9.17) is 9.47 Å². The minimum absolute atomic E-state index is 0.145. The Balaban J connectivity index is 1.95. The van der Waals surface area contributed by atoms with Crippen molar-refractivity contribution in [2.45, 2.75) is 39.4 Å². The van der Waals surface area contributed by atoms with E-state index >= 15 is 0 Å². The zero-order chi connectivity index (χ0) is 16.3. The lowest BCUT2D eigenvalue weighted by Gasteiger charge is -2.14. The number of rotatable bonds is 5. The molecular weight excluding hydrogens is 280 g/mol. The number of hydrogen-bond acceptors (Lipinski definition) is 4. The van der Waals surface area contributed by atoms with Gasteiger partial charge in [0.15, 0.2) is 0 Å². The maximum absolute atomic E-state index is 11.6. The van der Waals surface area contributed by atoms with E-state index in [1.807, 2.05) is 18.2 Å². The van der Waals surface area contributed by atoms with Gasteiger partial charge in [0.25, 0.3) is 0 Å². The van der Waals surface area contributed by atoms with Crippen LogP contribution in [0.5, 0.6) is 5.75 Å². The van der Waals surface area contributed by atoms with Gasteiger partial charge in [0, 0.05) is 17.6 Å². The Hall–Kier alpha value is -2.07. The molecule has 2 rings (SSSR count). The van der Waals surface area contributed by atoms with Gasteiger partial charge in [-0.3, -0.25) is 0 Å². The van der Waals surface area contributed by atoms with Gasteiger partial charge in [-0.25, -0.2) is 4.79 Å². The number of aliphatic hydroxyl groups is 1. The van der Waals surface area contributed by atoms with Crippen LogP contribution in [0.1, 0.15) is 38.0 Å². The second-order valence-electron chi connectivity index (χ2n) is 5.56. The molecule has 0 spiro atoms. The molecule has 0 aliphatic carbocycles. The summed E-state index contributed by atoms with van der Waals surface area (Å²) in [6.07, 6.45) is 1.69. The van der Waals surface area contributed by atoms with Gasteiger partial charge in [-0.1, -0.05) is 18.7 Å². The fraction of sp³-hybridized carbons (Fsp3) is 0.389. The van der Waals surface area contributed by atoms with Crippen molar-refractivity contribution in [3.8, 4) is 5.75 Å². The molecule has 4 heteroatoms. The second kappa shape index (κ2) is 6.79. The summed E-state index contributed by atoms with van der Waals surface area (Å²) in [7, 11) is 0. The maximum atomic E-state index is 11.6. The first-order valence-electron chi connectivity index (χ1n) is 7.37. The number of esters is 1. The van der Waals surface area contributed by atoms with Crippen LogP contribution in [0.4, 0.5) is 0 Å². The van der Waals surface area contributed by atoms with E-state index in [0.717, 1.165) is 22.4 Å². The van der Waals surface area contributed by atoms with Gasteiger partial charge in [0.2, 0.25) is 0 Å². The fourth-order valence-electron chi connectivity index (χ4n) is 2.24. The van der Waals surface area contributed by atoms with Crippen molar-refractivity contribution >= 4 is 5.97 Å². The quantitative estimate of drug-likeness (QED) is 0.516. The number of aliphatic hydroxyl groups excluding tert-OH is 1. The Morgan fingerprint density at radius 2 is 2.32 bits per heavy atom. The molecule has 1 N–H and O–H groups in total. The highest BCUT2D eigenvalue weighted by Crippen LogP contribution is 2.33. The Bertz CT molecular complexity index is 614. The van der Waals surface area contributed by atoms with Crippen LogP contribution in [-0.4, -0.2) is 23.8 Å². The molecule has 0 saturated heterocycles. The van der Waals surface area contributed by atoms with Crippen LogP contribution in [0, 0.1) is 0 Å². The molecule has 0 saturated carbocycles. The van der Waals surface area contributed by atoms with E-state index in [-0.39, 0.29) is 18.7 Å². The molecule has 1 heterocycles. The van der Waals surface area contributed by atoms with Crippen molar-refractivity contribution in [3.63, 3.8) is 0 Å². The molecule has 1 aliphatic heterocycles. The molecule has 1 aromatic rings. The number of carbonyl (C=O) groups is 1. The van der Waals surface area contributed by atoms with Crippen LogP contribution >= 0.6 is 0 Å². The summed E-state index contributed by atoms with van der Waals surface area (Å²) in [4.78, 5) is 11.6. The first kappa shape index (κ1) is 16.3. The van der Waals surface area contributed by atoms with Crippen molar-refractivity contribution in [2.24, 2.45) is 0 Å². The van der Waals surface area contributed by atoms with E-state index in [9.17, 15) is 9.90 Å². The third-order valence-corrected chi connectivity index (χ3v) is 3.84. The van der Waals surface area contributed by atoms with Gasteiger partial charge in [0.1, 0.15) is 18.5 Å². The largest absolute Gasteiger partial charge is 0.485 e. The van der Waals surface area contributed by atoms with Gasteiger partial charge in [0.05, 0.1) is 6.10 Å². The van der Waals surface area contributed by atoms with Crippen LogP contribution in [0.25, 0.3) is 0 Å². The smallest absolute Gasteiger partial charge is 0.333 e. The van der Waals surface area contributed by atoms with Crippen LogP contribution < -0.4 is 4.74 Å². The van der Waals surface area contributed by atoms with Gasteiger partial charge >= 0.3 is 5.97 Å². The predicted molar refractivity (Wildman–Crippen MR) is 84.7 cm³/mol. The maximum Gasteiger partial charge on any atom is 0.333 e. The Kier molecular flexibility index (Phi) is 5.03. The average Bonchev–Trinajstić information content (AvgIpc) is 2.94. The average molecular weight is 302 g/mol. The number of ether oxygens (including phenoxy) is 2. The molecule has 0 fully saturated rings. The second-order valence-corrected chi connectivity index (χ2v) is 5.56. The zero-order valence-electron chi connectivity index (χ0n) is 13.3. The Morgan fingerprint density at radius 1 is 1.59 bits per heavy atom. The number of carbonyl (C=O) groups excluding carboxylic acids is 1. The molecule has 2 unspecified atom stereocenters. The number of benzene rings is 1. The molecule has 4 nitrogen and oxygen atoms in total. The minimum Gasteiger partial charge on any atom is -0.485 e. The van der Waals surface area contributed by atoms with Crippen molar-refractivity contribution in [3.05, 3.63) is 53.1 Å². The number of fused-ring (bicyclic) bond motifs is 1. The van der Waals surface area contributed by atoms with E-state index in [2.05, 4.69) is 6.58 Å². The normalized spacial score (nSPS) is 18.4. The molecule has 1 aromatic carbocycles. The van der Waals surface area contributed by atoms with Crippen molar-refractivity contribution in [2.75, 3.05) is 6.61 Å². The SMILES string of the molecule is C=C(COC(=O)C(C)=CC)C1Cc2cc(C(C)O)ccc2O1. The molecule has 0 aromatic heterocycles. The zero-order valence-corrected chi connectivity index (χ0v) is 13.3. The third kappa shape index (κ3) is 3.57. The van der Waals surface area contributed by atoms with Crippen LogP contribution in [0.2, 0.25) is 0 Å². The monoisotopic (exact) mass is 302 g/mol. The van der Waals surface area contributed by atoms with E-state index in [1.165, 1.54) is 0 Å². The summed E-state index contributed by atoms with van der Waals surface area (Å²) in [6.45, 7) is 9.35.